The fraction of sp³-hybridized carbons (Fsp3) is 0.429. The number of guanidine groups is 1. The second kappa shape index (κ2) is 8.65. The van der Waals surface area contributed by atoms with Gasteiger partial charge in [-0.15, -0.1) is 0 Å². The smallest absolute Gasteiger partial charge is 0.194 e. The average Bonchev–Trinajstić information content (AvgIpc) is 3.08. The minimum atomic E-state index is 0.629. The average molecular weight is 336 g/mol. The number of rotatable bonds is 5. The van der Waals surface area contributed by atoms with Gasteiger partial charge in [-0.2, -0.15) is 0 Å². The molecular formula is C21H28N4. The molecule has 0 spiro atoms. The topological polar surface area (TPSA) is 40.5 Å². The Morgan fingerprint density at radius 3 is 2.80 bits per heavy atom. The number of aromatic nitrogens is 1. The molecule has 1 aromatic carbocycles. The first-order chi connectivity index (χ1) is 12.2. The molecule has 4 heteroatoms. The lowest BCUT2D eigenvalue weighted by atomic mass is 9.99. The molecule has 1 aliphatic rings. The maximum Gasteiger partial charge on any atom is 0.194 e. The van der Waals surface area contributed by atoms with Gasteiger partial charge < -0.3 is 10.2 Å². The molecule has 1 fully saturated rings. The third-order valence-corrected chi connectivity index (χ3v) is 4.62. The van der Waals surface area contributed by atoms with Crippen molar-refractivity contribution in [3.05, 3.63) is 65.5 Å². The summed E-state index contributed by atoms with van der Waals surface area (Å²) in [7, 11) is 0. The van der Waals surface area contributed by atoms with E-state index >= 15 is 0 Å². The van der Waals surface area contributed by atoms with Crippen LogP contribution < -0.4 is 5.32 Å². The molecule has 132 valence electrons. The molecule has 0 amide bonds. The van der Waals surface area contributed by atoms with Gasteiger partial charge in [-0.25, -0.2) is 4.99 Å². The van der Waals surface area contributed by atoms with Crippen LogP contribution in [0.5, 0.6) is 0 Å². The second-order valence-electron chi connectivity index (χ2n) is 6.73. The first-order valence-corrected chi connectivity index (χ1v) is 9.24. The van der Waals surface area contributed by atoms with E-state index in [2.05, 4.69) is 52.5 Å². The summed E-state index contributed by atoms with van der Waals surface area (Å²) < 4.78 is 0. The molecule has 0 aliphatic carbocycles. The summed E-state index contributed by atoms with van der Waals surface area (Å²) in [5, 5.41) is 3.44. The van der Waals surface area contributed by atoms with Crippen LogP contribution in [0.15, 0.2) is 53.5 Å². The van der Waals surface area contributed by atoms with Crippen LogP contribution in [0.4, 0.5) is 0 Å². The van der Waals surface area contributed by atoms with Gasteiger partial charge in [0, 0.05) is 25.3 Å². The zero-order valence-electron chi connectivity index (χ0n) is 15.3. The van der Waals surface area contributed by atoms with E-state index in [1.54, 1.807) is 0 Å². The molecule has 3 rings (SSSR count). The molecule has 1 N–H and O–H groups in total. The second-order valence-corrected chi connectivity index (χ2v) is 6.73. The van der Waals surface area contributed by atoms with Crippen molar-refractivity contribution >= 4 is 5.96 Å². The molecule has 1 aliphatic heterocycles. The highest BCUT2D eigenvalue weighted by atomic mass is 15.3. The maximum atomic E-state index is 4.82. The number of pyridine rings is 1. The van der Waals surface area contributed by atoms with Gasteiger partial charge in [0.1, 0.15) is 0 Å². The van der Waals surface area contributed by atoms with Crippen LogP contribution in [0.3, 0.4) is 0 Å². The van der Waals surface area contributed by atoms with Gasteiger partial charge in [-0.3, -0.25) is 4.98 Å². The van der Waals surface area contributed by atoms with Gasteiger partial charge in [-0.1, -0.05) is 36.4 Å². The fourth-order valence-corrected chi connectivity index (χ4v) is 3.41. The molecule has 2 heterocycles. The summed E-state index contributed by atoms with van der Waals surface area (Å²) in [6.45, 7) is 7.81. The third-order valence-electron chi connectivity index (χ3n) is 4.62. The van der Waals surface area contributed by atoms with Gasteiger partial charge in [-0.05, 0) is 50.3 Å². The van der Waals surface area contributed by atoms with Gasteiger partial charge in [0.2, 0.25) is 0 Å². The van der Waals surface area contributed by atoms with Crippen molar-refractivity contribution in [2.24, 2.45) is 10.9 Å². The number of hydrogen-bond donors (Lipinski definition) is 1. The monoisotopic (exact) mass is 336 g/mol. The summed E-state index contributed by atoms with van der Waals surface area (Å²) in [5.41, 5.74) is 3.50. The van der Waals surface area contributed by atoms with Crippen LogP contribution in [0, 0.1) is 12.8 Å². The van der Waals surface area contributed by atoms with Crippen molar-refractivity contribution in [1.29, 1.82) is 0 Å². The fourth-order valence-electron chi connectivity index (χ4n) is 3.41. The predicted octanol–water partition coefficient (Wildman–Crippen LogP) is 3.42. The lowest BCUT2D eigenvalue weighted by molar-refractivity contribution is 0.460. The van der Waals surface area contributed by atoms with Crippen LogP contribution in [-0.4, -0.2) is 35.5 Å². The molecule has 1 saturated heterocycles. The Balaban J connectivity index is 1.61. The zero-order valence-corrected chi connectivity index (χ0v) is 15.3. The molecular weight excluding hydrogens is 308 g/mol. The Kier molecular flexibility index (Phi) is 6.04. The van der Waals surface area contributed by atoms with Crippen LogP contribution in [0.2, 0.25) is 0 Å². The quantitative estimate of drug-likeness (QED) is 0.672. The molecule has 0 saturated carbocycles. The van der Waals surface area contributed by atoms with Crippen molar-refractivity contribution in [2.45, 2.75) is 33.2 Å². The standard InChI is InChI=1S/C21H28N4/c1-3-22-21(23-15-20-11-7-8-17(2)24-20)25-13-12-19(16-25)14-18-9-5-4-6-10-18/h4-11,19H,3,12-16H2,1-2H3,(H,22,23). The molecule has 25 heavy (non-hydrogen) atoms. The first-order valence-electron chi connectivity index (χ1n) is 9.24. The first kappa shape index (κ1) is 17.5. The van der Waals surface area contributed by atoms with Gasteiger partial charge >= 0.3 is 0 Å². The predicted molar refractivity (Wildman–Crippen MR) is 104 cm³/mol. The van der Waals surface area contributed by atoms with E-state index in [0.717, 1.165) is 43.4 Å². The Morgan fingerprint density at radius 2 is 2.04 bits per heavy atom. The Labute approximate surface area is 151 Å². The van der Waals surface area contributed by atoms with Gasteiger partial charge in [0.15, 0.2) is 5.96 Å². The molecule has 0 radical (unpaired) electrons. The summed E-state index contributed by atoms with van der Waals surface area (Å²) in [6.07, 6.45) is 2.37. The molecule has 0 bridgehead atoms. The Morgan fingerprint density at radius 1 is 1.20 bits per heavy atom. The summed E-state index contributed by atoms with van der Waals surface area (Å²) >= 11 is 0. The number of benzene rings is 1. The maximum absolute atomic E-state index is 4.82. The van der Waals surface area contributed by atoms with E-state index in [4.69, 9.17) is 4.99 Å². The highest BCUT2D eigenvalue weighted by Gasteiger charge is 2.24. The van der Waals surface area contributed by atoms with Gasteiger partial charge in [0.25, 0.3) is 0 Å². The largest absolute Gasteiger partial charge is 0.357 e. The van der Waals surface area contributed by atoms with Crippen LogP contribution >= 0.6 is 0 Å². The summed E-state index contributed by atoms with van der Waals surface area (Å²) in [4.78, 5) is 11.8. The van der Waals surface area contributed by atoms with Crippen molar-refractivity contribution in [3.8, 4) is 0 Å². The van der Waals surface area contributed by atoms with E-state index in [0.29, 0.717) is 12.5 Å². The van der Waals surface area contributed by atoms with Crippen LogP contribution in [-0.2, 0) is 13.0 Å². The van der Waals surface area contributed by atoms with Crippen molar-refractivity contribution < 1.29 is 0 Å². The number of aryl methyl sites for hydroxylation is 1. The van der Waals surface area contributed by atoms with Gasteiger partial charge in [0.05, 0.1) is 12.2 Å². The van der Waals surface area contributed by atoms with E-state index in [9.17, 15) is 0 Å². The highest BCUT2D eigenvalue weighted by molar-refractivity contribution is 5.80. The van der Waals surface area contributed by atoms with E-state index < -0.39 is 0 Å². The van der Waals surface area contributed by atoms with Crippen molar-refractivity contribution in [2.75, 3.05) is 19.6 Å². The summed E-state index contributed by atoms with van der Waals surface area (Å²) in [6, 6.07) is 16.9. The van der Waals surface area contributed by atoms with Crippen LogP contribution in [0.25, 0.3) is 0 Å². The van der Waals surface area contributed by atoms with E-state index in [1.165, 1.54) is 12.0 Å². The minimum absolute atomic E-state index is 0.629. The minimum Gasteiger partial charge on any atom is -0.357 e. The number of nitrogens with zero attached hydrogens (tertiary/aromatic N) is 3. The van der Waals surface area contributed by atoms with Crippen molar-refractivity contribution in [1.82, 2.24) is 15.2 Å². The number of likely N-dealkylation sites (tertiary alicyclic amines) is 1. The number of aliphatic imine (C=N–C) groups is 1. The van der Waals surface area contributed by atoms with Crippen LogP contribution in [0.1, 0.15) is 30.3 Å². The van der Waals surface area contributed by atoms with E-state index in [-0.39, 0.29) is 0 Å². The summed E-state index contributed by atoms with van der Waals surface area (Å²) in [5.74, 6) is 1.71. The molecule has 1 aromatic heterocycles. The molecule has 4 nitrogen and oxygen atoms in total. The molecule has 1 unspecified atom stereocenters. The SMILES string of the molecule is CCNC(=NCc1cccc(C)n1)N1CCC(Cc2ccccc2)C1. The lowest BCUT2D eigenvalue weighted by Crippen LogP contribution is -2.40. The highest BCUT2D eigenvalue weighted by Crippen LogP contribution is 2.21. The lowest BCUT2D eigenvalue weighted by Gasteiger charge is -2.21. The molecule has 1 atom stereocenters. The van der Waals surface area contributed by atoms with Crippen molar-refractivity contribution in [3.63, 3.8) is 0 Å². The Hall–Kier alpha value is -2.36. The number of nitrogens with one attached hydrogen (secondary N) is 1. The van der Waals surface area contributed by atoms with E-state index in [1.807, 2.05) is 25.1 Å². The zero-order chi connectivity index (χ0) is 17.5. The number of hydrogen-bond acceptors (Lipinski definition) is 2. The third kappa shape index (κ3) is 5.05. The normalized spacial score (nSPS) is 17.8. The molecule has 2 aromatic rings. The Bertz CT molecular complexity index is 696.